The summed E-state index contributed by atoms with van der Waals surface area (Å²) in [4.78, 5) is 16.0. The standard InChI is InChI=1S/C11H15N5OS/c1-2-8-9(12)10(16-15-8)11(17)13-4-3-7-5-18-6-14-7/h5-6H,2-4,12H2,1H3,(H,13,17)(H,15,16). The van der Waals surface area contributed by atoms with E-state index in [2.05, 4.69) is 20.5 Å². The van der Waals surface area contributed by atoms with Crippen molar-refractivity contribution >= 4 is 22.9 Å². The molecule has 0 atom stereocenters. The van der Waals surface area contributed by atoms with Crippen molar-refractivity contribution in [2.45, 2.75) is 19.8 Å². The van der Waals surface area contributed by atoms with Crippen molar-refractivity contribution in [3.63, 3.8) is 0 Å². The third-order valence-corrected chi connectivity index (χ3v) is 3.24. The molecule has 0 unspecified atom stereocenters. The second-order valence-electron chi connectivity index (χ2n) is 3.80. The van der Waals surface area contributed by atoms with E-state index in [1.54, 1.807) is 16.8 Å². The Morgan fingerprint density at radius 3 is 3.06 bits per heavy atom. The summed E-state index contributed by atoms with van der Waals surface area (Å²) in [6.45, 7) is 2.48. The Morgan fingerprint density at radius 1 is 1.61 bits per heavy atom. The first-order valence-electron chi connectivity index (χ1n) is 5.70. The van der Waals surface area contributed by atoms with Gasteiger partial charge in [-0.15, -0.1) is 11.3 Å². The lowest BCUT2D eigenvalue weighted by Gasteiger charge is -2.02. The van der Waals surface area contributed by atoms with Crippen LogP contribution in [0.15, 0.2) is 10.9 Å². The third kappa shape index (κ3) is 2.67. The van der Waals surface area contributed by atoms with Crippen LogP contribution in [0.4, 0.5) is 5.69 Å². The fraction of sp³-hybridized carbons (Fsp3) is 0.364. The van der Waals surface area contributed by atoms with Gasteiger partial charge in [-0.2, -0.15) is 5.10 Å². The number of aryl methyl sites for hydroxylation is 1. The zero-order valence-corrected chi connectivity index (χ0v) is 10.9. The molecule has 0 aliphatic carbocycles. The van der Waals surface area contributed by atoms with Gasteiger partial charge in [0.05, 0.1) is 22.6 Å². The zero-order chi connectivity index (χ0) is 13.0. The maximum Gasteiger partial charge on any atom is 0.273 e. The number of carbonyl (C=O) groups excluding carboxylic acids is 1. The molecule has 0 saturated carbocycles. The number of anilines is 1. The molecule has 96 valence electrons. The van der Waals surface area contributed by atoms with Crippen molar-refractivity contribution in [3.8, 4) is 0 Å². The lowest BCUT2D eigenvalue weighted by atomic mass is 10.2. The van der Waals surface area contributed by atoms with E-state index in [0.29, 0.717) is 18.7 Å². The molecule has 0 bridgehead atoms. The number of hydrogen-bond acceptors (Lipinski definition) is 5. The summed E-state index contributed by atoms with van der Waals surface area (Å²) >= 11 is 1.54. The van der Waals surface area contributed by atoms with Crippen molar-refractivity contribution in [2.75, 3.05) is 12.3 Å². The van der Waals surface area contributed by atoms with Crippen molar-refractivity contribution in [1.29, 1.82) is 0 Å². The normalized spacial score (nSPS) is 10.5. The van der Waals surface area contributed by atoms with Crippen LogP contribution in [0.2, 0.25) is 0 Å². The smallest absolute Gasteiger partial charge is 0.273 e. The molecule has 1 amide bonds. The molecule has 0 spiro atoms. The predicted molar refractivity (Wildman–Crippen MR) is 70.5 cm³/mol. The third-order valence-electron chi connectivity index (χ3n) is 2.60. The van der Waals surface area contributed by atoms with Crippen LogP contribution in [0, 0.1) is 0 Å². The van der Waals surface area contributed by atoms with Crippen LogP contribution in [0.3, 0.4) is 0 Å². The number of nitrogens with one attached hydrogen (secondary N) is 2. The molecular weight excluding hydrogens is 250 g/mol. The van der Waals surface area contributed by atoms with Gasteiger partial charge in [0, 0.05) is 18.3 Å². The highest BCUT2D eigenvalue weighted by Gasteiger charge is 2.15. The van der Waals surface area contributed by atoms with Gasteiger partial charge in [-0.1, -0.05) is 6.92 Å². The number of nitrogens with zero attached hydrogens (tertiary/aromatic N) is 2. The molecule has 2 aromatic rings. The Morgan fingerprint density at radius 2 is 2.44 bits per heavy atom. The molecular formula is C11H15N5OS. The summed E-state index contributed by atoms with van der Waals surface area (Å²) in [6.07, 6.45) is 1.44. The van der Waals surface area contributed by atoms with Crippen LogP contribution in [0.1, 0.15) is 28.8 Å². The maximum absolute atomic E-state index is 11.8. The van der Waals surface area contributed by atoms with Gasteiger partial charge in [-0.3, -0.25) is 9.89 Å². The van der Waals surface area contributed by atoms with Crippen LogP contribution < -0.4 is 11.1 Å². The summed E-state index contributed by atoms with van der Waals surface area (Å²) in [5.74, 6) is -0.251. The molecule has 0 aromatic carbocycles. The quantitative estimate of drug-likeness (QED) is 0.751. The van der Waals surface area contributed by atoms with Crippen LogP contribution in [0.25, 0.3) is 0 Å². The van der Waals surface area contributed by atoms with E-state index in [9.17, 15) is 4.79 Å². The maximum atomic E-state index is 11.8. The summed E-state index contributed by atoms with van der Waals surface area (Å²) < 4.78 is 0. The Bertz CT molecular complexity index is 520. The Kier molecular flexibility index (Phi) is 3.93. The van der Waals surface area contributed by atoms with E-state index in [4.69, 9.17) is 5.73 Å². The van der Waals surface area contributed by atoms with E-state index >= 15 is 0 Å². The SMILES string of the molecule is CCc1[nH]nc(C(=O)NCCc2cscn2)c1N. The molecule has 2 heterocycles. The highest BCUT2D eigenvalue weighted by Crippen LogP contribution is 2.13. The topological polar surface area (TPSA) is 96.7 Å². The van der Waals surface area contributed by atoms with Crippen molar-refractivity contribution < 1.29 is 4.79 Å². The monoisotopic (exact) mass is 265 g/mol. The van der Waals surface area contributed by atoms with Gasteiger partial charge in [-0.05, 0) is 6.42 Å². The molecule has 18 heavy (non-hydrogen) atoms. The molecule has 2 aromatic heterocycles. The van der Waals surface area contributed by atoms with Crippen LogP contribution in [0.5, 0.6) is 0 Å². The summed E-state index contributed by atoms with van der Waals surface area (Å²) in [7, 11) is 0. The van der Waals surface area contributed by atoms with E-state index < -0.39 is 0 Å². The van der Waals surface area contributed by atoms with Crippen LogP contribution in [-0.4, -0.2) is 27.6 Å². The van der Waals surface area contributed by atoms with Gasteiger partial charge >= 0.3 is 0 Å². The van der Waals surface area contributed by atoms with Gasteiger partial charge in [0.2, 0.25) is 0 Å². The number of amides is 1. The minimum absolute atomic E-state index is 0.251. The number of rotatable bonds is 5. The van der Waals surface area contributed by atoms with Crippen molar-refractivity contribution in [1.82, 2.24) is 20.5 Å². The number of hydrogen-bond donors (Lipinski definition) is 3. The zero-order valence-electron chi connectivity index (χ0n) is 10.1. The lowest BCUT2D eigenvalue weighted by molar-refractivity contribution is 0.0950. The Balaban J connectivity index is 1.89. The Hall–Kier alpha value is -1.89. The molecule has 0 fully saturated rings. The Labute approximate surface area is 109 Å². The van der Waals surface area contributed by atoms with E-state index in [0.717, 1.165) is 17.8 Å². The van der Waals surface area contributed by atoms with E-state index in [-0.39, 0.29) is 11.6 Å². The average Bonchev–Trinajstić information content (AvgIpc) is 2.98. The highest BCUT2D eigenvalue weighted by molar-refractivity contribution is 7.07. The first kappa shape index (κ1) is 12.6. The molecule has 0 saturated heterocycles. The number of aromatic nitrogens is 3. The average molecular weight is 265 g/mol. The molecule has 6 nitrogen and oxygen atoms in total. The van der Waals surface area contributed by atoms with Crippen molar-refractivity contribution in [3.05, 3.63) is 28.0 Å². The van der Waals surface area contributed by atoms with E-state index in [1.165, 1.54) is 0 Å². The summed E-state index contributed by atoms with van der Waals surface area (Å²) in [5, 5.41) is 11.4. The molecule has 2 rings (SSSR count). The van der Waals surface area contributed by atoms with Crippen LogP contribution >= 0.6 is 11.3 Å². The molecule has 0 aliphatic rings. The number of H-pyrrole nitrogens is 1. The first-order chi connectivity index (χ1) is 8.72. The largest absolute Gasteiger partial charge is 0.395 e. The number of aromatic amines is 1. The molecule has 4 N–H and O–H groups in total. The van der Waals surface area contributed by atoms with E-state index in [1.807, 2.05) is 12.3 Å². The van der Waals surface area contributed by atoms with Gasteiger partial charge in [0.15, 0.2) is 5.69 Å². The van der Waals surface area contributed by atoms with Gasteiger partial charge < -0.3 is 11.1 Å². The fourth-order valence-corrected chi connectivity index (χ4v) is 2.17. The minimum atomic E-state index is -0.251. The molecule has 0 radical (unpaired) electrons. The molecule has 0 aliphatic heterocycles. The minimum Gasteiger partial charge on any atom is -0.395 e. The number of thiazole rings is 1. The highest BCUT2D eigenvalue weighted by atomic mass is 32.1. The number of nitrogens with two attached hydrogens (primary N) is 1. The van der Waals surface area contributed by atoms with Crippen LogP contribution in [-0.2, 0) is 12.8 Å². The summed E-state index contributed by atoms with van der Waals surface area (Å²) in [5.41, 5.74) is 10.1. The second kappa shape index (κ2) is 5.63. The number of carbonyl (C=O) groups is 1. The van der Waals surface area contributed by atoms with Gasteiger partial charge in [-0.25, -0.2) is 4.98 Å². The first-order valence-corrected chi connectivity index (χ1v) is 6.64. The van der Waals surface area contributed by atoms with Crippen molar-refractivity contribution in [2.24, 2.45) is 0 Å². The fourth-order valence-electron chi connectivity index (χ4n) is 1.58. The van der Waals surface area contributed by atoms with Gasteiger partial charge in [0.1, 0.15) is 0 Å². The summed E-state index contributed by atoms with van der Waals surface area (Å²) in [6, 6.07) is 0. The predicted octanol–water partition coefficient (Wildman–Crippen LogP) is 0.983. The number of nitrogen functional groups attached to an aromatic ring is 1. The molecule has 7 heteroatoms. The lowest BCUT2D eigenvalue weighted by Crippen LogP contribution is -2.26. The second-order valence-corrected chi connectivity index (χ2v) is 4.52. The van der Waals surface area contributed by atoms with Gasteiger partial charge in [0.25, 0.3) is 5.91 Å².